The third-order valence-corrected chi connectivity index (χ3v) is 2.08. The number of primary amides is 1. The lowest BCUT2D eigenvalue weighted by Crippen LogP contribution is -2.12. The van der Waals surface area contributed by atoms with Crippen molar-refractivity contribution < 1.29 is 4.79 Å². The molecule has 0 aliphatic carbocycles. The molecule has 0 unspecified atom stereocenters. The summed E-state index contributed by atoms with van der Waals surface area (Å²) in [6, 6.07) is 0. The molecule has 11 heavy (non-hydrogen) atoms. The van der Waals surface area contributed by atoms with E-state index in [1.807, 2.05) is 0 Å². The van der Waals surface area contributed by atoms with Gasteiger partial charge in [0.25, 0.3) is 0 Å². The molecule has 0 atom stereocenters. The molecule has 3 nitrogen and oxygen atoms in total. The number of hydrogen-bond acceptors (Lipinski definition) is 3. The first-order valence-electron chi connectivity index (χ1n) is 3.39. The lowest BCUT2D eigenvalue weighted by atomic mass is 10.4. The van der Waals surface area contributed by atoms with E-state index in [4.69, 9.17) is 11.5 Å². The highest BCUT2D eigenvalue weighted by Crippen LogP contribution is 2.10. The lowest BCUT2D eigenvalue weighted by Gasteiger charge is -2.03. The summed E-state index contributed by atoms with van der Waals surface area (Å²) in [5.74, 6) is 0.188. The van der Waals surface area contributed by atoms with Gasteiger partial charge in [0.1, 0.15) is 0 Å². The van der Waals surface area contributed by atoms with Gasteiger partial charge in [-0.15, -0.1) is 0 Å². The lowest BCUT2D eigenvalue weighted by molar-refractivity contribution is -0.113. The Labute approximate surface area is 71.2 Å². The molecule has 0 spiro atoms. The van der Waals surface area contributed by atoms with Crippen LogP contribution in [0.3, 0.4) is 0 Å². The maximum atomic E-state index is 10.3. The zero-order chi connectivity index (χ0) is 8.85. The fourth-order valence-electron chi connectivity index (χ4n) is 0.487. The molecule has 4 heteroatoms. The molecule has 0 radical (unpaired) electrons. The van der Waals surface area contributed by atoms with E-state index < -0.39 is 5.91 Å². The summed E-state index contributed by atoms with van der Waals surface area (Å²) in [4.78, 5) is 10.3. The minimum absolute atomic E-state index is 0.480. The van der Waals surface area contributed by atoms with Gasteiger partial charge in [-0.25, -0.2) is 0 Å². The van der Waals surface area contributed by atoms with E-state index in [-0.39, 0.29) is 0 Å². The zero-order valence-electron chi connectivity index (χ0n) is 6.83. The Morgan fingerprint density at radius 2 is 2.09 bits per heavy atom. The van der Waals surface area contributed by atoms with E-state index in [1.165, 1.54) is 6.08 Å². The summed E-state index contributed by atoms with van der Waals surface area (Å²) in [6.07, 6.45) is 1.26. The van der Waals surface area contributed by atoms with Crippen LogP contribution < -0.4 is 11.5 Å². The average molecular weight is 174 g/mol. The van der Waals surface area contributed by atoms with Crippen LogP contribution in [-0.4, -0.2) is 16.9 Å². The van der Waals surface area contributed by atoms with Crippen LogP contribution in [0, 0.1) is 0 Å². The number of carbonyl (C=O) groups is 1. The Morgan fingerprint density at radius 1 is 1.55 bits per heavy atom. The van der Waals surface area contributed by atoms with Crippen molar-refractivity contribution in [3.05, 3.63) is 11.8 Å². The highest BCUT2D eigenvalue weighted by atomic mass is 32.2. The summed E-state index contributed by atoms with van der Waals surface area (Å²) in [5, 5.41) is 0.523. The summed E-state index contributed by atoms with van der Waals surface area (Å²) in [7, 11) is 0. The van der Waals surface area contributed by atoms with E-state index in [0.29, 0.717) is 16.7 Å². The Kier molecular flexibility index (Phi) is 4.77. The van der Waals surface area contributed by atoms with Crippen molar-refractivity contribution in [1.29, 1.82) is 0 Å². The second-order valence-electron chi connectivity index (χ2n) is 2.48. The molecule has 0 saturated carbocycles. The summed E-state index contributed by atoms with van der Waals surface area (Å²) in [6.45, 7) is 4.14. The van der Waals surface area contributed by atoms with Crippen molar-refractivity contribution in [2.45, 2.75) is 19.1 Å². The summed E-state index contributed by atoms with van der Waals surface area (Å²) < 4.78 is 0. The molecule has 0 saturated heterocycles. The van der Waals surface area contributed by atoms with Crippen molar-refractivity contribution in [3.63, 3.8) is 0 Å². The molecule has 0 fully saturated rings. The van der Waals surface area contributed by atoms with Crippen molar-refractivity contribution in [2.75, 3.05) is 5.75 Å². The third-order valence-electron chi connectivity index (χ3n) is 0.911. The predicted molar refractivity (Wildman–Crippen MR) is 49.1 cm³/mol. The maximum Gasteiger partial charge on any atom is 0.243 e. The minimum atomic E-state index is -0.480. The SMILES string of the molecule is CC(C)SC/C(N)=C/C(N)=O. The predicted octanol–water partition coefficient (Wildman–Crippen LogP) is 0.456. The zero-order valence-corrected chi connectivity index (χ0v) is 7.65. The van der Waals surface area contributed by atoms with Gasteiger partial charge >= 0.3 is 0 Å². The van der Waals surface area contributed by atoms with Gasteiger partial charge in [0.15, 0.2) is 0 Å². The fraction of sp³-hybridized carbons (Fsp3) is 0.571. The van der Waals surface area contributed by atoms with E-state index in [1.54, 1.807) is 11.8 Å². The third kappa shape index (κ3) is 7.25. The van der Waals surface area contributed by atoms with Crippen LogP contribution >= 0.6 is 11.8 Å². The normalized spacial score (nSPS) is 12.1. The van der Waals surface area contributed by atoms with Crippen molar-refractivity contribution in [1.82, 2.24) is 0 Å². The van der Waals surface area contributed by atoms with Crippen LogP contribution in [0.15, 0.2) is 11.8 Å². The fourth-order valence-corrected chi connectivity index (χ4v) is 1.10. The van der Waals surface area contributed by atoms with Crippen LogP contribution in [0.4, 0.5) is 0 Å². The van der Waals surface area contributed by atoms with Crippen molar-refractivity contribution >= 4 is 17.7 Å². The van der Waals surface area contributed by atoms with Gasteiger partial charge in [-0.2, -0.15) is 11.8 Å². The summed E-state index contributed by atoms with van der Waals surface area (Å²) >= 11 is 1.68. The van der Waals surface area contributed by atoms with Gasteiger partial charge in [0, 0.05) is 17.5 Å². The van der Waals surface area contributed by atoms with Crippen molar-refractivity contribution in [3.8, 4) is 0 Å². The molecule has 0 aliphatic rings. The number of nitrogens with two attached hydrogens (primary N) is 2. The monoisotopic (exact) mass is 174 g/mol. The van der Waals surface area contributed by atoms with Gasteiger partial charge in [0.2, 0.25) is 5.91 Å². The van der Waals surface area contributed by atoms with E-state index in [9.17, 15) is 4.79 Å². The molecule has 0 aromatic rings. The first kappa shape index (κ1) is 10.4. The quantitative estimate of drug-likeness (QED) is 0.608. The molecule has 64 valence electrons. The minimum Gasteiger partial charge on any atom is -0.401 e. The van der Waals surface area contributed by atoms with E-state index >= 15 is 0 Å². The molecule has 0 rings (SSSR count). The molecular formula is C7H14N2OS. The maximum absolute atomic E-state index is 10.3. The number of rotatable bonds is 4. The molecule has 0 bridgehead atoms. The Bertz CT molecular complexity index is 166. The molecule has 4 N–H and O–H groups in total. The molecule has 0 aromatic heterocycles. The van der Waals surface area contributed by atoms with Gasteiger partial charge in [-0.05, 0) is 5.25 Å². The Balaban J connectivity index is 3.68. The molecule has 0 heterocycles. The molecule has 0 aliphatic heterocycles. The van der Waals surface area contributed by atoms with E-state index in [2.05, 4.69) is 13.8 Å². The standard InChI is InChI=1S/C7H14N2OS/c1-5(2)11-4-6(8)3-7(9)10/h3,5H,4,8H2,1-2H3,(H2,9,10)/b6-3-. The van der Waals surface area contributed by atoms with Gasteiger partial charge in [0.05, 0.1) is 0 Å². The second kappa shape index (κ2) is 5.07. The summed E-state index contributed by atoms with van der Waals surface area (Å²) in [5.41, 5.74) is 10.9. The number of thioether (sulfide) groups is 1. The smallest absolute Gasteiger partial charge is 0.243 e. The van der Waals surface area contributed by atoms with Crippen LogP contribution in [0.2, 0.25) is 0 Å². The Morgan fingerprint density at radius 3 is 2.45 bits per heavy atom. The first-order valence-corrected chi connectivity index (χ1v) is 4.44. The highest BCUT2D eigenvalue weighted by molar-refractivity contribution is 8.00. The van der Waals surface area contributed by atoms with Gasteiger partial charge in [-0.1, -0.05) is 13.8 Å². The first-order chi connectivity index (χ1) is 5.02. The Hall–Kier alpha value is -0.640. The number of amides is 1. The van der Waals surface area contributed by atoms with Gasteiger partial charge in [-0.3, -0.25) is 4.79 Å². The second-order valence-corrected chi connectivity index (χ2v) is 4.05. The van der Waals surface area contributed by atoms with Gasteiger partial charge < -0.3 is 11.5 Å². The van der Waals surface area contributed by atoms with Crippen LogP contribution in [0.1, 0.15) is 13.8 Å². The highest BCUT2D eigenvalue weighted by Gasteiger charge is 1.96. The number of carbonyl (C=O) groups excluding carboxylic acids is 1. The van der Waals surface area contributed by atoms with Crippen LogP contribution in [0.25, 0.3) is 0 Å². The molecular weight excluding hydrogens is 160 g/mol. The number of hydrogen-bond donors (Lipinski definition) is 2. The topological polar surface area (TPSA) is 69.1 Å². The molecule has 1 amide bonds. The van der Waals surface area contributed by atoms with Crippen molar-refractivity contribution in [2.24, 2.45) is 11.5 Å². The van der Waals surface area contributed by atoms with Crippen LogP contribution in [0.5, 0.6) is 0 Å². The largest absolute Gasteiger partial charge is 0.401 e. The average Bonchev–Trinajstić information content (AvgIpc) is 1.82. The van der Waals surface area contributed by atoms with E-state index in [0.717, 1.165) is 0 Å². The van der Waals surface area contributed by atoms with Crippen LogP contribution in [-0.2, 0) is 4.79 Å². The molecule has 0 aromatic carbocycles.